The molecule has 8 heteroatoms. The molecule has 2 fully saturated rings. The summed E-state index contributed by atoms with van der Waals surface area (Å²) in [6, 6.07) is 1.89. The van der Waals surface area contributed by atoms with E-state index in [2.05, 4.69) is 14.8 Å². The second kappa shape index (κ2) is 8.96. The molecule has 0 aromatic carbocycles. The minimum atomic E-state index is -0.678. The molecule has 2 saturated heterocycles. The number of aromatic nitrogens is 1. The molecule has 3 heterocycles. The van der Waals surface area contributed by atoms with Gasteiger partial charge in [0, 0.05) is 45.0 Å². The Morgan fingerprint density at radius 2 is 1.90 bits per heavy atom. The molecule has 1 N–H and O–H groups in total. The van der Waals surface area contributed by atoms with E-state index in [1.165, 1.54) is 0 Å². The lowest BCUT2D eigenvalue weighted by Crippen LogP contribution is -2.61. The third-order valence-corrected chi connectivity index (χ3v) is 4.98. The summed E-state index contributed by atoms with van der Waals surface area (Å²) in [6.45, 7) is 16.4. The first-order chi connectivity index (χ1) is 13.5. The Morgan fingerprint density at radius 1 is 1.28 bits per heavy atom. The van der Waals surface area contributed by atoms with Gasteiger partial charge in [0.05, 0.1) is 16.3 Å². The number of aliphatic hydroxyl groups is 1. The van der Waals surface area contributed by atoms with Crippen LogP contribution in [-0.4, -0.2) is 71.1 Å². The van der Waals surface area contributed by atoms with E-state index in [-0.39, 0.29) is 12.1 Å². The number of ether oxygens (including phenoxy) is 1. The number of amides is 1. The van der Waals surface area contributed by atoms with Crippen LogP contribution >= 0.6 is 11.6 Å². The summed E-state index contributed by atoms with van der Waals surface area (Å²) < 4.78 is 5.52. The number of piperazine rings is 1. The lowest BCUT2D eigenvalue weighted by molar-refractivity contribution is 0.0157. The van der Waals surface area contributed by atoms with Crippen LogP contribution < -0.4 is 9.80 Å². The van der Waals surface area contributed by atoms with E-state index in [4.69, 9.17) is 16.3 Å². The highest BCUT2D eigenvalue weighted by atomic mass is 35.5. The van der Waals surface area contributed by atoms with Gasteiger partial charge in [0.2, 0.25) is 0 Å². The highest BCUT2D eigenvalue weighted by Crippen LogP contribution is 2.36. The number of anilines is 2. The minimum Gasteiger partial charge on any atom is -0.444 e. The van der Waals surface area contributed by atoms with Crippen molar-refractivity contribution in [3.05, 3.63) is 17.3 Å². The second-order valence-electron chi connectivity index (χ2n) is 8.82. The predicted molar refractivity (Wildman–Crippen MR) is 118 cm³/mol. The Bertz CT molecular complexity index is 712. The van der Waals surface area contributed by atoms with Gasteiger partial charge in [0.25, 0.3) is 0 Å². The number of hydrogen-bond acceptors (Lipinski definition) is 6. The normalized spacial score (nSPS) is 21.1. The van der Waals surface area contributed by atoms with E-state index in [0.717, 1.165) is 11.5 Å². The van der Waals surface area contributed by atoms with Crippen LogP contribution in [0.5, 0.6) is 0 Å². The predicted octanol–water partition coefficient (Wildman–Crippen LogP) is 3.78. The molecular weight excluding hydrogens is 392 g/mol. The first kappa shape index (κ1) is 23.5. The summed E-state index contributed by atoms with van der Waals surface area (Å²) in [5, 5.41) is 10.6. The van der Waals surface area contributed by atoms with Gasteiger partial charge < -0.3 is 24.5 Å². The molecule has 1 aromatic heterocycles. The van der Waals surface area contributed by atoms with Crippen LogP contribution in [0, 0.1) is 0 Å². The highest BCUT2D eigenvalue weighted by molar-refractivity contribution is 6.30. The third kappa shape index (κ3) is 5.89. The van der Waals surface area contributed by atoms with Crippen LogP contribution in [0.25, 0.3) is 0 Å². The van der Waals surface area contributed by atoms with Gasteiger partial charge in [-0.05, 0) is 40.7 Å². The van der Waals surface area contributed by atoms with Crippen LogP contribution in [0.15, 0.2) is 12.3 Å². The number of halogens is 1. The fraction of sp³-hybridized carbons (Fsp3) is 0.714. The van der Waals surface area contributed by atoms with Gasteiger partial charge in [0.1, 0.15) is 5.60 Å². The summed E-state index contributed by atoms with van der Waals surface area (Å²) >= 11 is 6.17. The maximum absolute atomic E-state index is 12.4. The molecule has 3 rings (SSSR count). The van der Waals surface area contributed by atoms with Gasteiger partial charge in [-0.15, -0.1) is 0 Å². The highest BCUT2D eigenvalue weighted by Gasteiger charge is 2.39. The topological polar surface area (TPSA) is 69.1 Å². The Morgan fingerprint density at radius 3 is 2.41 bits per heavy atom. The quantitative estimate of drug-likeness (QED) is 0.776. The lowest BCUT2D eigenvalue weighted by Gasteiger charge is -2.47. The molecular formula is C21H35ClN4O3. The standard InChI is InChI=1S/C19H29ClN4O3.C2H6/c1-13-10-22(6-7-24(13)17(25)27-18(2,3)4)16-15(8-14(20)9-21-16)23-11-19(5,26)12-23;1-2/h8-9,13,26H,6-7,10-12H2,1-5H3;1-2H3. The number of pyridine rings is 1. The van der Waals surface area contributed by atoms with Crippen molar-refractivity contribution in [1.82, 2.24) is 9.88 Å². The molecule has 0 spiro atoms. The molecule has 1 aromatic rings. The van der Waals surface area contributed by atoms with Crippen molar-refractivity contribution in [3.8, 4) is 0 Å². The number of nitrogens with zero attached hydrogens (tertiary/aromatic N) is 4. The lowest BCUT2D eigenvalue weighted by atomic mass is 9.96. The fourth-order valence-corrected chi connectivity index (χ4v) is 3.74. The van der Waals surface area contributed by atoms with E-state index in [1.54, 1.807) is 11.1 Å². The molecule has 0 saturated carbocycles. The van der Waals surface area contributed by atoms with E-state index in [0.29, 0.717) is 37.7 Å². The number of carbonyl (C=O) groups is 1. The van der Waals surface area contributed by atoms with Gasteiger partial charge >= 0.3 is 6.09 Å². The van der Waals surface area contributed by atoms with Crippen molar-refractivity contribution in [2.45, 2.75) is 65.7 Å². The molecule has 2 aliphatic rings. The Hall–Kier alpha value is -1.73. The largest absolute Gasteiger partial charge is 0.444 e. The first-order valence-corrected chi connectivity index (χ1v) is 10.7. The maximum Gasteiger partial charge on any atom is 0.410 e. The summed E-state index contributed by atoms with van der Waals surface area (Å²) in [4.78, 5) is 23.0. The second-order valence-corrected chi connectivity index (χ2v) is 9.25. The molecule has 1 atom stereocenters. The average molecular weight is 427 g/mol. The smallest absolute Gasteiger partial charge is 0.410 e. The van der Waals surface area contributed by atoms with Gasteiger partial charge in [-0.25, -0.2) is 9.78 Å². The molecule has 0 radical (unpaired) electrons. The molecule has 7 nitrogen and oxygen atoms in total. The third-order valence-electron chi connectivity index (χ3n) is 4.77. The van der Waals surface area contributed by atoms with E-state index in [9.17, 15) is 9.90 Å². The zero-order valence-electron chi connectivity index (χ0n) is 18.7. The minimum absolute atomic E-state index is 0.00146. The zero-order chi connectivity index (χ0) is 22.0. The van der Waals surface area contributed by atoms with Gasteiger partial charge in [-0.3, -0.25) is 0 Å². The van der Waals surface area contributed by atoms with Crippen LogP contribution in [0.2, 0.25) is 5.02 Å². The van der Waals surface area contributed by atoms with Gasteiger partial charge in [-0.2, -0.15) is 0 Å². The van der Waals surface area contributed by atoms with Gasteiger partial charge in [0.15, 0.2) is 5.82 Å². The van der Waals surface area contributed by atoms with Crippen LogP contribution in [0.3, 0.4) is 0 Å². The van der Waals surface area contributed by atoms with Gasteiger partial charge in [-0.1, -0.05) is 25.4 Å². The molecule has 0 aliphatic carbocycles. The van der Waals surface area contributed by atoms with Crippen molar-refractivity contribution in [1.29, 1.82) is 0 Å². The van der Waals surface area contributed by atoms with E-state index < -0.39 is 11.2 Å². The Kier molecular flexibility index (Phi) is 7.28. The molecule has 29 heavy (non-hydrogen) atoms. The van der Waals surface area contributed by atoms with Crippen LogP contribution in [0.1, 0.15) is 48.5 Å². The summed E-state index contributed by atoms with van der Waals surface area (Å²) in [7, 11) is 0. The van der Waals surface area contributed by atoms with Crippen molar-refractivity contribution in [2.24, 2.45) is 0 Å². The number of hydrogen-bond donors (Lipinski definition) is 1. The Labute approximate surface area is 179 Å². The van der Waals surface area contributed by atoms with Crippen LogP contribution in [0.4, 0.5) is 16.3 Å². The first-order valence-electron chi connectivity index (χ1n) is 10.3. The number of carbonyl (C=O) groups excluding carboxylic acids is 1. The molecule has 164 valence electrons. The van der Waals surface area contributed by atoms with Crippen molar-refractivity contribution in [3.63, 3.8) is 0 Å². The van der Waals surface area contributed by atoms with Crippen LogP contribution in [-0.2, 0) is 4.74 Å². The molecule has 0 bridgehead atoms. The van der Waals surface area contributed by atoms with Crippen molar-refractivity contribution in [2.75, 3.05) is 42.5 Å². The summed E-state index contributed by atoms with van der Waals surface area (Å²) in [5.41, 5.74) is -0.262. The summed E-state index contributed by atoms with van der Waals surface area (Å²) in [5.74, 6) is 0.839. The summed E-state index contributed by atoms with van der Waals surface area (Å²) in [6.07, 6.45) is 1.36. The van der Waals surface area contributed by atoms with E-state index >= 15 is 0 Å². The fourth-order valence-electron chi connectivity index (χ4n) is 3.59. The molecule has 1 amide bonds. The van der Waals surface area contributed by atoms with Crippen molar-refractivity contribution < 1.29 is 14.6 Å². The molecule has 1 unspecified atom stereocenters. The SMILES string of the molecule is CC.CC1CN(c2ncc(Cl)cc2N2CC(C)(O)C2)CCN1C(=O)OC(C)(C)C. The number of rotatable bonds is 2. The average Bonchev–Trinajstić information content (AvgIpc) is 2.59. The van der Waals surface area contributed by atoms with Crippen molar-refractivity contribution >= 4 is 29.2 Å². The molecule has 2 aliphatic heterocycles. The maximum atomic E-state index is 12.4. The Balaban J connectivity index is 0.00000145. The monoisotopic (exact) mass is 426 g/mol. The zero-order valence-corrected chi connectivity index (χ0v) is 19.5. The van der Waals surface area contributed by atoms with E-state index in [1.807, 2.05) is 54.5 Å². The number of β-amino-alcohol motifs (C(OH)–C–C–N with tert-alkyl or cyclic N) is 1.